The lowest BCUT2D eigenvalue weighted by atomic mass is 10.0. The molecule has 0 atom stereocenters. The lowest BCUT2D eigenvalue weighted by Crippen LogP contribution is -2.31. The van der Waals surface area contributed by atoms with E-state index in [1.807, 2.05) is 31.2 Å². The molecule has 1 N–H and O–H groups in total. The number of nitrogens with zero attached hydrogens (tertiary/aromatic N) is 1. The third-order valence-electron chi connectivity index (χ3n) is 4.34. The van der Waals surface area contributed by atoms with E-state index >= 15 is 0 Å². The van der Waals surface area contributed by atoms with Crippen LogP contribution in [0.25, 0.3) is 5.57 Å². The first-order valence-corrected chi connectivity index (χ1v) is 9.66. The normalized spacial score (nSPS) is 14.1. The maximum Gasteiger partial charge on any atom is 0.272 e. The van der Waals surface area contributed by atoms with Crippen molar-refractivity contribution >= 4 is 34.8 Å². The van der Waals surface area contributed by atoms with Crippen LogP contribution in [0.15, 0.2) is 47.4 Å². The SMILES string of the molecule is COc1ccc(N2C(=O)C(SCCO)=C(c3ccc(C)cc3)C2=O)cc1OC. The number of hydrogen-bond donors (Lipinski definition) is 1. The minimum Gasteiger partial charge on any atom is -0.493 e. The van der Waals surface area contributed by atoms with Crippen LogP contribution >= 0.6 is 11.8 Å². The zero-order valence-corrected chi connectivity index (χ0v) is 16.7. The summed E-state index contributed by atoms with van der Waals surface area (Å²) in [5.74, 6) is 0.442. The number of imide groups is 1. The zero-order valence-electron chi connectivity index (χ0n) is 15.9. The summed E-state index contributed by atoms with van der Waals surface area (Å²) in [6, 6.07) is 12.3. The highest BCUT2D eigenvalue weighted by Crippen LogP contribution is 2.40. The van der Waals surface area contributed by atoms with Gasteiger partial charge in [-0.15, -0.1) is 11.8 Å². The number of hydrogen-bond acceptors (Lipinski definition) is 6. The summed E-state index contributed by atoms with van der Waals surface area (Å²) < 4.78 is 10.5. The highest BCUT2D eigenvalue weighted by atomic mass is 32.2. The quantitative estimate of drug-likeness (QED) is 0.722. The van der Waals surface area contributed by atoms with Gasteiger partial charge >= 0.3 is 0 Å². The molecule has 7 heteroatoms. The Hall–Kier alpha value is -2.77. The minimum absolute atomic E-state index is 0.0901. The molecule has 2 aromatic rings. The number of anilines is 1. The Balaban J connectivity index is 2.06. The molecule has 6 nitrogen and oxygen atoms in total. The highest BCUT2D eigenvalue weighted by molar-refractivity contribution is 8.04. The molecule has 2 aromatic carbocycles. The smallest absolute Gasteiger partial charge is 0.272 e. The number of methoxy groups -OCH3 is 2. The third-order valence-corrected chi connectivity index (χ3v) is 5.40. The van der Waals surface area contributed by atoms with Crippen molar-refractivity contribution in [3.63, 3.8) is 0 Å². The number of carbonyl (C=O) groups excluding carboxylic acids is 2. The Morgan fingerprint density at radius 2 is 1.64 bits per heavy atom. The van der Waals surface area contributed by atoms with E-state index in [-0.39, 0.29) is 6.61 Å². The molecule has 3 rings (SSSR count). The predicted molar refractivity (Wildman–Crippen MR) is 110 cm³/mol. The third kappa shape index (κ3) is 3.63. The lowest BCUT2D eigenvalue weighted by molar-refractivity contribution is -0.119. The molecule has 28 heavy (non-hydrogen) atoms. The van der Waals surface area contributed by atoms with Gasteiger partial charge in [0.25, 0.3) is 11.8 Å². The predicted octanol–water partition coefficient (Wildman–Crippen LogP) is 3.02. The van der Waals surface area contributed by atoms with Gasteiger partial charge in [0.2, 0.25) is 0 Å². The largest absolute Gasteiger partial charge is 0.493 e. The van der Waals surface area contributed by atoms with Crippen molar-refractivity contribution in [1.29, 1.82) is 0 Å². The molecule has 0 bridgehead atoms. The molecule has 0 spiro atoms. The topological polar surface area (TPSA) is 76.1 Å². The number of benzene rings is 2. The van der Waals surface area contributed by atoms with Gasteiger partial charge in [0.1, 0.15) is 0 Å². The van der Waals surface area contributed by atoms with Crippen LogP contribution < -0.4 is 14.4 Å². The van der Waals surface area contributed by atoms with Crippen LogP contribution in [0, 0.1) is 6.92 Å². The van der Waals surface area contributed by atoms with Gasteiger partial charge in [-0.3, -0.25) is 9.59 Å². The van der Waals surface area contributed by atoms with Crippen molar-refractivity contribution in [2.24, 2.45) is 0 Å². The van der Waals surface area contributed by atoms with E-state index in [4.69, 9.17) is 9.47 Å². The summed E-state index contributed by atoms with van der Waals surface area (Å²) in [7, 11) is 3.01. The molecular weight excluding hydrogens is 378 g/mol. The second-order valence-electron chi connectivity index (χ2n) is 6.13. The molecule has 0 aliphatic carbocycles. The Kier molecular flexibility index (Phi) is 6.06. The Morgan fingerprint density at radius 1 is 0.964 bits per heavy atom. The Labute approximate surface area is 167 Å². The molecule has 0 unspecified atom stereocenters. The first-order valence-electron chi connectivity index (χ1n) is 8.67. The summed E-state index contributed by atoms with van der Waals surface area (Å²) in [6.07, 6.45) is 0. The van der Waals surface area contributed by atoms with Gasteiger partial charge in [0.05, 0.1) is 37.0 Å². The van der Waals surface area contributed by atoms with Gasteiger partial charge in [-0.25, -0.2) is 4.90 Å². The number of aliphatic hydroxyl groups excluding tert-OH is 1. The molecule has 1 aliphatic rings. The van der Waals surface area contributed by atoms with Gasteiger partial charge in [-0.2, -0.15) is 0 Å². The Bertz CT molecular complexity index is 936. The standard InChI is InChI=1S/C21H21NO5S/c1-13-4-6-14(7-5-13)18-19(28-11-10-23)21(25)22(20(18)24)15-8-9-16(26-2)17(12-15)27-3/h4-9,12,23H,10-11H2,1-3H3. The maximum absolute atomic E-state index is 13.2. The van der Waals surface area contributed by atoms with Gasteiger partial charge in [-0.05, 0) is 24.6 Å². The molecule has 0 aromatic heterocycles. The molecular formula is C21H21NO5S. The molecule has 1 heterocycles. The maximum atomic E-state index is 13.2. The van der Waals surface area contributed by atoms with E-state index in [2.05, 4.69) is 0 Å². The van der Waals surface area contributed by atoms with Crippen molar-refractivity contribution in [2.45, 2.75) is 6.92 Å². The first-order chi connectivity index (χ1) is 13.5. The summed E-state index contributed by atoms with van der Waals surface area (Å²) in [5, 5.41) is 9.20. The van der Waals surface area contributed by atoms with E-state index in [0.29, 0.717) is 39.0 Å². The molecule has 2 amide bonds. The van der Waals surface area contributed by atoms with Crippen LogP contribution in [-0.2, 0) is 9.59 Å². The minimum atomic E-state index is -0.411. The van der Waals surface area contributed by atoms with Crippen LogP contribution in [0.3, 0.4) is 0 Å². The average molecular weight is 399 g/mol. The summed E-state index contributed by atoms with van der Waals surface area (Å²) in [6.45, 7) is 1.87. The van der Waals surface area contributed by atoms with Gasteiger partial charge in [0, 0.05) is 11.8 Å². The monoisotopic (exact) mass is 399 g/mol. The molecule has 0 fully saturated rings. The van der Waals surface area contributed by atoms with Crippen LogP contribution in [0.5, 0.6) is 11.5 Å². The molecule has 1 aliphatic heterocycles. The second kappa shape index (κ2) is 8.50. The van der Waals surface area contributed by atoms with E-state index in [1.54, 1.807) is 18.2 Å². The fourth-order valence-corrected chi connectivity index (χ4v) is 3.82. The first kappa shape index (κ1) is 20.0. The van der Waals surface area contributed by atoms with Crippen molar-refractivity contribution in [2.75, 3.05) is 31.5 Å². The van der Waals surface area contributed by atoms with Crippen LogP contribution in [0.4, 0.5) is 5.69 Å². The van der Waals surface area contributed by atoms with Gasteiger partial charge in [-0.1, -0.05) is 29.8 Å². The van der Waals surface area contributed by atoms with Crippen molar-refractivity contribution in [3.8, 4) is 11.5 Å². The number of rotatable bonds is 7. The van der Waals surface area contributed by atoms with E-state index in [0.717, 1.165) is 10.5 Å². The van der Waals surface area contributed by atoms with E-state index in [9.17, 15) is 14.7 Å². The number of amides is 2. The van der Waals surface area contributed by atoms with E-state index in [1.165, 1.54) is 26.0 Å². The number of aryl methyl sites for hydroxylation is 1. The average Bonchev–Trinajstić information content (AvgIpc) is 2.96. The van der Waals surface area contributed by atoms with Crippen molar-refractivity contribution in [1.82, 2.24) is 0 Å². The summed E-state index contributed by atoms with van der Waals surface area (Å²) in [5.41, 5.74) is 2.48. The van der Waals surface area contributed by atoms with Crippen molar-refractivity contribution in [3.05, 3.63) is 58.5 Å². The van der Waals surface area contributed by atoms with Crippen LogP contribution in [0.1, 0.15) is 11.1 Å². The van der Waals surface area contributed by atoms with E-state index < -0.39 is 11.8 Å². The number of carbonyl (C=O) groups is 2. The Morgan fingerprint density at radius 3 is 2.25 bits per heavy atom. The highest BCUT2D eigenvalue weighted by Gasteiger charge is 2.40. The fraction of sp³-hybridized carbons (Fsp3) is 0.238. The summed E-state index contributed by atoms with van der Waals surface area (Å²) >= 11 is 1.18. The molecule has 0 saturated heterocycles. The van der Waals surface area contributed by atoms with Crippen LogP contribution in [-0.4, -0.2) is 43.5 Å². The number of aliphatic hydroxyl groups is 1. The molecule has 0 saturated carbocycles. The van der Waals surface area contributed by atoms with Crippen molar-refractivity contribution < 1.29 is 24.2 Å². The second-order valence-corrected chi connectivity index (χ2v) is 7.23. The molecule has 146 valence electrons. The van der Waals surface area contributed by atoms with Gasteiger partial charge < -0.3 is 14.6 Å². The number of ether oxygens (including phenoxy) is 2. The fourth-order valence-electron chi connectivity index (χ4n) is 2.96. The lowest BCUT2D eigenvalue weighted by Gasteiger charge is -2.17. The van der Waals surface area contributed by atoms with Gasteiger partial charge in [0.15, 0.2) is 11.5 Å². The molecule has 0 radical (unpaired) electrons. The summed E-state index contributed by atoms with van der Waals surface area (Å²) in [4.78, 5) is 27.8. The number of thioether (sulfide) groups is 1. The zero-order chi connectivity index (χ0) is 20.3. The van der Waals surface area contributed by atoms with Crippen LogP contribution in [0.2, 0.25) is 0 Å².